The van der Waals surface area contributed by atoms with Crippen LogP contribution in [0.25, 0.3) is 0 Å². The Bertz CT molecular complexity index is 137. The van der Waals surface area contributed by atoms with E-state index in [4.69, 9.17) is 4.74 Å². The van der Waals surface area contributed by atoms with E-state index in [0.29, 0.717) is 6.61 Å². The third kappa shape index (κ3) is 3.24. The van der Waals surface area contributed by atoms with Crippen LogP contribution < -0.4 is 5.32 Å². The van der Waals surface area contributed by atoms with Gasteiger partial charge < -0.3 is 10.1 Å². The fraction of sp³-hybridized carbons (Fsp3) is 1.00. The summed E-state index contributed by atoms with van der Waals surface area (Å²) >= 11 is 0. The van der Waals surface area contributed by atoms with Crippen LogP contribution in [-0.2, 0) is 4.74 Å². The fourth-order valence-corrected chi connectivity index (χ4v) is 1.98. The third-order valence-electron chi connectivity index (χ3n) is 2.81. The van der Waals surface area contributed by atoms with Gasteiger partial charge in [0.1, 0.15) is 6.17 Å². The number of hydrogen-bond donors (Lipinski definition) is 1. The van der Waals surface area contributed by atoms with Gasteiger partial charge in [0.25, 0.3) is 0 Å². The summed E-state index contributed by atoms with van der Waals surface area (Å²) < 4.78 is 18.7. The first-order valence-corrected chi connectivity index (χ1v) is 5.09. The normalized spacial score (nSPS) is 24.2. The minimum absolute atomic E-state index is 0.0353. The third-order valence-corrected chi connectivity index (χ3v) is 2.81. The van der Waals surface area contributed by atoms with Crippen LogP contribution in [0.3, 0.4) is 0 Å². The van der Waals surface area contributed by atoms with Crippen molar-refractivity contribution in [2.75, 3.05) is 26.8 Å². The molecule has 0 radical (unpaired) electrons. The van der Waals surface area contributed by atoms with E-state index in [0.717, 1.165) is 25.9 Å². The summed E-state index contributed by atoms with van der Waals surface area (Å²) in [5.74, 6) is 0.277. The molecule has 0 aromatic rings. The van der Waals surface area contributed by atoms with E-state index in [1.165, 1.54) is 0 Å². The highest BCUT2D eigenvalue weighted by molar-refractivity contribution is 4.78. The van der Waals surface area contributed by atoms with Crippen LogP contribution in [0.2, 0.25) is 0 Å². The molecule has 1 aliphatic rings. The van der Waals surface area contributed by atoms with Crippen LogP contribution in [0.4, 0.5) is 4.39 Å². The van der Waals surface area contributed by atoms with Crippen molar-refractivity contribution >= 4 is 0 Å². The molecule has 2 unspecified atom stereocenters. The average molecular weight is 189 g/mol. The van der Waals surface area contributed by atoms with Gasteiger partial charge in [-0.25, -0.2) is 4.39 Å². The minimum atomic E-state index is -0.693. The molecule has 2 atom stereocenters. The Morgan fingerprint density at radius 3 is 2.62 bits per heavy atom. The number of rotatable bonds is 4. The predicted molar refractivity (Wildman–Crippen MR) is 51.5 cm³/mol. The molecule has 1 fully saturated rings. The van der Waals surface area contributed by atoms with Gasteiger partial charge in [-0.2, -0.15) is 0 Å². The lowest BCUT2D eigenvalue weighted by molar-refractivity contribution is 0.0679. The Kier molecular flexibility index (Phi) is 4.67. The number of piperidine rings is 1. The maximum atomic E-state index is 13.8. The Hall–Kier alpha value is -0.150. The van der Waals surface area contributed by atoms with Gasteiger partial charge in [0.2, 0.25) is 0 Å². The van der Waals surface area contributed by atoms with Gasteiger partial charge in [-0.15, -0.1) is 0 Å². The number of halogens is 1. The van der Waals surface area contributed by atoms with Crippen LogP contribution in [0.5, 0.6) is 0 Å². The Labute approximate surface area is 79.8 Å². The molecule has 0 aromatic carbocycles. The Morgan fingerprint density at radius 2 is 2.08 bits per heavy atom. The van der Waals surface area contributed by atoms with Crippen LogP contribution >= 0.6 is 0 Å². The van der Waals surface area contributed by atoms with Gasteiger partial charge in [0.05, 0.1) is 6.61 Å². The van der Waals surface area contributed by atoms with Gasteiger partial charge in [-0.3, -0.25) is 0 Å². The number of methoxy groups -OCH3 is 1. The van der Waals surface area contributed by atoms with Gasteiger partial charge >= 0.3 is 0 Å². The Balaban J connectivity index is 2.31. The summed E-state index contributed by atoms with van der Waals surface area (Å²) in [6.45, 7) is 4.39. The van der Waals surface area contributed by atoms with Crippen molar-refractivity contribution in [3.63, 3.8) is 0 Å². The van der Waals surface area contributed by atoms with Crippen molar-refractivity contribution in [2.45, 2.75) is 25.9 Å². The highest BCUT2D eigenvalue weighted by Gasteiger charge is 2.27. The maximum Gasteiger partial charge on any atom is 0.108 e. The monoisotopic (exact) mass is 189 g/mol. The molecule has 3 heteroatoms. The van der Waals surface area contributed by atoms with E-state index < -0.39 is 6.17 Å². The molecule has 2 nitrogen and oxygen atoms in total. The lowest BCUT2D eigenvalue weighted by Gasteiger charge is -2.28. The van der Waals surface area contributed by atoms with E-state index >= 15 is 0 Å². The molecular formula is C10H20FNO. The van der Waals surface area contributed by atoms with Crippen LogP contribution in [0.1, 0.15) is 19.8 Å². The molecule has 1 saturated heterocycles. The van der Waals surface area contributed by atoms with E-state index in [1.807, 2.05) is 6.92 Å². The van der Waals surface area contributed by atoms with Crippen molar-refractivity contribution in [1.29, 1.82) is 0 Å². The highest BCUT2D eigenvalue weighted by Crippen LogP contribution is 2.24. The van der Waals surface area contributed by atoms with Gasteiger partial charge in [-0.05, 0) is 31.8 Å². The fourth-order valence-electron chi connectivity index (χ4n) is 1.98. The molecule has 1 heterocycles. The van der Waals surface area contributed by atoms with Crippen molar-refractivity contribution in [3.8, 4) is 0 Å². The zero-order valence-electron chi connectivity index (χ0n) is 8.55. The van der Waals surface area contributed by atoms with Gasteiger partial charge in [-0.1, -0.05) is 6.92 Å². The maximum absolute atomic E-state index is 13.8. The average Bonchev–Trinajstić information content (AvgIpc) is 2.18. The molecule has 0 bridgehead atoms. The molecule has 1 N–H and O–H groups in total. The second-order valence-electron chi connectivity index (χ2n) is 3.96. The molecule has 0 spiro atoms. The van der Waals surface area contributed by atoms with Crippen LogP contribution in [-0.4, -0.2) is 33.0 Å². The second-order valence-corrected chi connectivity index (χ2v) is 3.96. The van der Waals surface area contributed by atoms with Gasteiger partial charge in [0.15, 0.2) is 0 Å². The molecule has 13 heavy (non-hydrogen) atoms. The van der Waals surface area contributed by atoms with Crippen molar-refractivity contribution in [1.82, 2.24) is 5.32 Å². The molecule has 0 aliphatic carbocycles. The summed E-state index contributed by atoms with van der Waals surface area (Å²) in [5.41, 5.74) is 0. The first-order valence-electron chi connectivity index (χ1n) is 5.09. The van der Waals surface area contributed by atoms with Crippen molar-refractivity contribution < 1.29 is 9.13 Å². The zero-order chi connectivity index (χ0) is 9.68. The first-order chi connectivity index (χ1) is 6.25. The molecule has 78 valence electrons. The second kappa shape index (κ2) is 5.55. The number of ether oxygens (including phenoxy) is 1. The largest absolute Gasteiger partial charge is 0.384 e. The molecular weight excluding hydrogens is 169 g/mol. The SMILES string of the molecule is COCC(C)C(F)C1CCNCC1. The molecule has 0 amide bonds. The Morgan fingerprint density at radius 1 is 1.46 bits per heavy atom. The standard InChI is InChI=1S/C10H20FNO/c1-8(7-13-2)10(11)9-3-5-12-6-4-9/h8-10,12H,3-7H2,1-2H3. The molecule has 1 aliphatic heterocycles. The van der Waals surface area contributed by atoms with E-state index in [9.17, 15) is 4.39 Å². The number of hydrogen-bond acceptors (Lipinski definition) is 2. The summed E-state index contributed by atoms with van der Waals surface area (Å²) in [6.07, 6.45) is 1.24. The predicted octanol–water partition coefficient (Wildman–Crippen LogP) is 1.61. The smallest absolute Gasteiger partial charge is 0.108 e. The summed E-state index contributed by atoms with van der Waals surface area (Å²) in [4.78, 5) is 0. The lowest BCUT2D eigenvalue weighted by atomic mass is 9.87. The zero-order valence-corrected chi connectivity index (χ0v) is 8.55. The van der Waals surface area contributed by atoms with Crippen LogP contribution in [0.15, 0.2) is 0 Å². The minimum Gasteiger partial charge on any atom is -0.384 e. The summed E-state index contributed by atoms with van der Waals surface area (Å²) in [5, 5.41) is 3.24. The van der Waals surface area contributed by atoms with Crippen molar-refractivity contribution in [3.05, 3.63) is 0 Å². The number of alkyl halides is 1. The number of nitrogens with one attached hydrogen (secondary N) is 1. The molecule has 0 aromatic heterocycles. The van der Waals surface area contributed by atoms with Gasteiger partial charge in [0, 0.05) is 13.0 Å². The highest BCUT2D eigenvalue weighted by atomic mass is 19.1. The van der Waals surface area contributed by atoms with E-state index in [1.54, 1.807) is 7.11 Å². The van der Waals surface area contributed by atoms with E-state index in [2.05, 4.69) is 5.32 Å². The lowest BCUT2D eigenvalue weighted by Crippen LogP contribution is -2.35. The van der Waals surface area contributed by atoms with E-state index in [-0.39, 0.29) is 11.8 Å². The van der Waals surface area contributed by atoms with Crippen molar-refractivity contribution in [2.24, 2.45) is 11.8 Å². The topological polar surface area (TPSA) is 21.3 Å². The quantitative estimate of drug-likeness (QED) is 0.725. The molecule has 1 rings (SSSR count). The summed E-state index contributed by atoms with van der Waals surface area (Å²) in [6, 6.07) is 0. The first kappa shape index (κ1) is 10.9. The van der Waals surface area contributed by atoms with Crippen LogP contribution in [0, 0.1) is 11.8 Å². The molecule has 0 saturated carbocycles. The summed E-state index contributed by atoms with van der Waals surface area (Å²) in [7, 11) is 1.63.